The maximum atomic E-state index is 13.0. The predicted octanol–water partition coefficient (Wildman–Crippen LogP) is 4.62. The highest BCUT2D eigenvalue weighted by Gasteiger charge is 2.35. The molecule has 0 atom stereocenters. The number of nitrogens with zero attached hydrogens (tertiary/aromatic N) is 3. The Balaban J connectivity index is 1.98. The van der Waals surface area contributed by atoms with E-state index in [-0.39, 0.29) is 5.57 Å². The molecule has 2 aromatic rings. The quantitative estimate of drug-likeness (QED) is 0.597. The lowest BCUT2D eigenvalue weighted by molar-refractivity contribution is -0.0887. The Labute approximate surface area is 136 Å². The minimum atomic E-state index is -4.47. The number of aromatic nitrogens is 2. The molecule has 0 N–H and O–H groups in total. The molecule has 1 heterocycles. The maximum absolute atomic E-state index is 13.0. The third kappa shape index (κ3) is 3.30. The topological polar surface area (TPSA) is 30.2 Å². The molecule has 0 aliphatic heterocycles. The van der Waals surface area contributed by atoms with Crippen molar-refractivity contribution in [1.82, 2.24) is 9.78 Å². The second kappa shape index (κ2) is 6.20. The van der Waals surface area contributed by atoms with Gasteiger partial charge in [0, 0.05) is 12.3 Å². The van der Waals surface area contributed by atoms with Gasteiger partial charge in [-0.1, -0.05) is 29.7 Å². The van der Waals surface area contributed by atoms with E-state index in [2.05, 4.69) is 21.6 Å². The van der Waals surface area contributed by atoms with Crippen LogP contribution in [0.2, 0.25) is 0 Å². The van der Waals surface area contributed by atoms with Crippen LogP contribution >= 0.6 is 0 Å². The Hall–Kier alpha value is -3.07. The van der Waals surface area contributed by atoms with E-state index in [1.165, 1.54) is 6.08 Å². The van der Waals surface area contributed by atoms with Gasteiger partial charge in [-0.2, -0.15) is 18.3 Å². The molecule has 120 valence electrons. The van der Waals surface area contributed by atoms with Gasteiger partial charge in [0.1, 0.15) is 0 Å². The number of aliphatic imine (C=N–C) groups is 1. The zero-order chi connectivity index (χ0) is 17.2. The molecule has 0 amide bonds. The molecule has 1 aromatic carbocycles. The monoisotopic (exact) mass is 327 g/mol. The lowest BCUT2D eigenvalue weighted by Crippen LogP contribution is -2.14. The summed E-state index contributed by atoms with van der Waals surface area (Å²) in [6.45, 7) is 1.79. The van der Waals surface area contributed by atoms with E-state index in [1.54, 1.807) is 17.7 Å². The van der Waals surface area contributed by atoms with Crippen LogP contribution in [0.4, 0.5) is 19.0 Å². The van der Waals surface area contributed by atoms with Crippen molar-refractivity contribution in [2.24, 2.45) is 4.99 Å². The minimum Gasteiger partial charge on any atom is -0.236 e. The summed E-state index contributed by atoms with van der Waals surface area (Å²) in [7, 11) is 0. The number of alkyl halides is 3. The molecule has 0 saturated carbocycles. The normalized spacial score (nSPS) is 14.2. The van der Waals surface area contributed by atoms with E-state index in [0.717, 1.165) is 18.0 Å². The molecular formula is C18H12F3N3. The molecule has 24 heavy (non-hydrogen) atoms. The van der Waals surface area contributed by atoms with Crippen LogP contribution in [0.5, 0.6) is 0 Å². The number of hydrogen-bond acceptors (Lipinski definition) is 2. The average Bonchev–Trinajstić information content (AvgIpc) is 2.94. The van der Waals surface area contributed by atoms with Gasteiger partial charge in [-0.15, -0.1) is 0 Å². The summed E-state index contributed by atoms with van der Waals surface area (Å²) >= 11 is 0. The number of hydrogen-bond donors (Lipinski definition) is 0. The predicted molar refractivity (Wildman–Crippen MR) is 85.7 cm³/mol. The van der Waals surface area contributed by atoms with E-state index >= 15 is 0 Å². The van der Waals surface area contributed by atoms with Crippen molar-refractivity contribution in [3.8, 4) is 5.69 Å². The Bertz CT molecular complexity index is 918. The summed E-state index contributed by atoms with van der Waals surface area (Å²) in [6, 6.07) is 10.9. The summed E-state index contributed by atoms with van der Waals surface area (Å²) in [4.78, 5) is 4.17. The Morgan fingerprint density at radius 1 is 1.21 bits per heavy atom. The maximum Gasteiger partial charge on any atom is 0.417 e. The molecule has 1 aromatic heterocycles. The van der Waals surface area contributed by atoms with Crippen LogP contribution in [0.1, 0.15) is 5.69 Å². The van der Waals surface area contributed by atoms with Gasteiger partial charge in [0.05, 0.1) is 22.5 Å². The zero-order valence-electron chi connectivity index (χ0n) is 12.7. The van der Waals surface area contributed by atoms with Gasteiger partial charge in [0.2, 0.25) is 0 Å². The van der Waals surface area contributed by atoms with Crippen molar-refractivity contribution in [2.45, 2.75) is 13.1 Å². The molecule has 0 unspecified atom stereocenters. The third-order valence-corrected chi connectivity index (χ3v) is 3.28. The highest BCUT2D eigenvalue weighted by atomic mass is 19.4. The van der Waals surface area contributed by atoms with Crippen LogP contribution in [0.25, 0.3) is 5.69 Å². The van der Waals surface area contributed by atoms with Crippen molar-refractivity contribution in [3.63, 3.8) is 0 Å². The molecule has 0 saturated heterocycles. The number of benzene rings is 1. The largest absolute Gasteiger partial charge is 0.417 e. The Kier molecular flexibility index (Phi) is 4.09. The van der Waals surface area contributed by atoms with Crippen molar-refractivity contribution in [3.05, 3.63) is 76.9 Å². The average molecular weight is 327 g/mol. The molecule has 0 fully saturated rings. The fourth-order valence-corrected chi connectivity index (χ4v) is 2.22. The molecule has 3 nitrogen and oxygen atoms in total. The summed E-state index contributed by atoms with van der Waals surface area (Å²) in [5.74, 6) is 0.434. The molecule has 0 spiro atoms. The second-order valence-electron chi connectivity index (χ2n) is 5.08. The lowest BCUT2D eigenvalue weighted by Gasteiger charge is -2.11. The first-order valence-electron chi connectivity index (χ1n) is 7.11. The Morgan fingerprint density at radius 3 is 2.67 bits per heavy atom. The number of aryl methyl sites for hydroxylation is 1. The molecule has 6 heteroatoms. The highest BCUT2D eigenvalue weighted by Crippen LogP contribution is 2.31. The summed E-state index contributed by atoms with van der Waals surface area (Å²) < 4.78 is 40.6. The zero-order valence-corrected chi connectivity index (χ0v) is 12.7. The van der Waals surface area contributed by atoms with Crippen LogP contribution in [-0.4, -0.2) is 22.2 Å². The van der Waals surface area contributed by atoms with E-state index < -0.39 is 11.7 Å². The molecule has 3 rings (SSSR count). The standard InChI is InChI=1S/C18H12F3N3/c1-13-11-17(24(23-13)15-8-3-2-4-9-15)22-12-14-7-5-6-10-16(14)18(19,20)21/h2-4,6,8-12H,1H3. The summed E-state index contributed by atoms with van der Waals surface area (Å²) in [6.07, 6.45) is -1.20. The summed E-state index contributed by atoms with van der Waals surface area (Å²) in [5.41, 5.74) is 5.51. The van der Waals surface area contributed by atoms with E-state index in [4.69, 9.17) is 0 Å². The fraction of sp³-hybridized carbons (Fsp3) is 0.111. The highest BCUT2D eigenvalue weighted by molar-refractivity contribution is 5.87. The van der Waals surface area contributed by atoms with Gasteiger partial charge in [-0.05, 0) is 31.2 Å². The molecule has 1 aliphatic rings. The second-order valence-corrected chi connectivity index (χ2v) is 5.08. The van der Waals surface area contributed by atoms with Crippen molar-refractivity contribution >= 4 is 12.0 Å². The third-order valence-electron chi connectivity index (χ3n) is 3.28. The van der Waals surface area contributed by atoms with Gasteiger partial charge in [-0.25, -0.2) is 9.67 Å². The van der Waals surface area contributed by atoms with Crippen molar-refractivity contribution in [1.29, 1.82) is 0 Å². The van der Waals surface area contributed by atoms with Crippen molar-refractivity contribution in [2.75, 3.05) is 0 Å². The molecular weight excluding hydrogens is 315 g/mol. The van der Waals surface area contributed by atoms with E-state index in [1.807, 2.05) is 30.3 Å². The van der Waals surface area contributed by atoms with Gasteiger partial charge in [-0.3, -0.25) is 0 Å². The Morgan fingerprint density at radius 2 is 1.96 bits per heavy atom. The first-order valence-corrected chi connectivity index (χ1v) is 7.11. The minimum absolute atomic E-state index is 0.163. The number of allylic oxidation sites excluding steroid dienone is 4. The van der Waals surface area contributed by atoms with Gasteiger partial charge < -0.3 is 0 Å². The van der Waals surface area contributed by atoms with E-state index in [0.29, 0.717) is 11.5 Å². The van der Waals surface area contributed by atoms with Gasteiger partial charge in [0.15, 0.2) is 5.82 Å². The van der Waals surface area contributed by atoms with Crippen LogP contribution in [0.3, 0.4) is 0 Å². The van der Waals surface area contributed by atoms with Crippen molar-refractivity contribution < 1.29 is 13.2 Å². The van der Waals surface area contributed by atoms with Crippen LogP contribution in [-0.2, 0) is 0 Å². The fourth-order valence-electron chi connectivity index (χ4n) is 2.22. The SMILES string of the molecule is Cc1cc(N=CC2=C=C=CC=C2C(F)(F)F)n(-c2ccccc2)n1. The van der Waals surface area contributed by atoms with Crippen LogP contribution in [0, 0.1) is 6.92 Å². The van der Waals surface area contributed by atoms with Gasteiger partial charge in [0.25, 0.3) is 0 Å². The number of halogens is 3. The molecule has 0 bridgehead atoms. The summed E-state index contributed by atoms with van der Waals surface area (Å²) in [5, 5.41) is 4.33. The van der Waals surface area contributed by atoms with E-state index in [9.17, 15) is 13.2 Å². The molecule has 1 aliphatic carbocycles. The molecule has 0 radical (unpaired) electrons. The van der Waals surface area contributed by atoms with Crippen LogP contribution < -0.4 is 0 Å². The first-order chi connectivity index (χ1) is 11.4. The smallest absolute Gasteiger partial charge is 0.236 e. The lowest BCUT2D eigenvalue weighted by atomic mass is 10.1. The number of para-hydroxylation sites is 1. The van der Waals surface area contributed by atoms with Crippen LogP contribution in [0.15, 0.2) is 76.2 Å². The van der Waals surface area contributed by atoms with Gasteiger partial charge >= 0.3 is 6.18 Å². The first kappa shape index (κ1) is 15.8. The number of rotatable bonds is 3.